The standard InChI is InChI=1S/C56H74N4O4/c1-34(2)46-42(61)31-56(50(63)60-28-14-18-41(60)48-58-33-40(59-48)36-17-13-27-57-32-36)26-25-54(8)38(47(46)56)19-20-44-53(7)23-22-45(52(5,6)43(53)21-24-55(44,54)9)64-49(62)39-30-37(51(39,3)4)29-35-15-11-10-12-16-35/h10-13,15-17,27,32-34,37-39,41,43-45H,14,18-26,28-31H2,1-9H3,(H,58,59)/t37-,38-,39-,41+,43+,44-,45+,53+,54-,55-,56-/m1/s1. The molecule has 11 atom stereocenters. The van der Waals surface area contributed by atoms with Gasteiger partial charge >= 0.3 is 5.97 Å². The third-order valence-corrected chi connectivity index (χ3v) is 20.5. The zero-order chi connectivity index (χ0) is 45.2. The van der Waals surface area contributed by atoms with Gasteiger partial charge in [0.1, 0.15) is 11.9 Å². The number of aromatic nitrogens is 3. The second-order valence-corrected chi connectivity index (χ2v) is 24.1. The van der Waals surface area contributed by atoms with Gasteiger partial charge in [-0.15, -0.1) is 0 Å². The molecule has 0 bridgehead atoms. The van der Waals surface area contributed by atoms with Crippen LogP contribution in [0.25, 0.3) is 11.3 Å². The van der Waals surface area contributed by atoms with Gasteiger partial charge in [0, 0.05) is 36.3 Å². The molecule has 1 saturated heterocycles. The molecule has 1 amide bonds. The lowest BCUT2D eigenvalue weighted by molar-refractivity contribution is -0.236. The van der Waals surface area contributed by atoms with Gasteiger partial charge in [-0.05, 0) is 157 Å². The fourth-order valence-electron chi connectivity index (χ4n) is 16.7. The number of amides is 1. The van der Waals surface area contributed by atoms with Crippen molar-refractivity contribution in [2.75, 3.05) is 6.54 Å². The van der Waals surface area contributed by atoms with E-state index in [9.17, 15) is 9.59 Å². The van der Waals surface area contributed by atoms with E-state index in [4.69, 9.17) is 9.72 Å². The topological polar surface area (TPSA) is 105 Å². The number of likely N-dealkylation sites (tertiary alicyclic amines) is 1. The van der Waals surface area contributed by atoms with Crippen LogP contribution in [0.15, 0.2) is 72.2 Å². The van der Waals surface area contributed by atoms with Crippen LogP contribution in [-0.4, -0.2) is 50.2 Å². The van der Waals surface area contributed by atoms with Crippen molar-refractivity contribution in [2.45, 2.75) is 158 Å². The number of nitrogens with zero attached hydrogens (tertiary/aromatic N) is 3. The van der Waals surface area contributed by atoms with Gasteiger partial charge in [0.25, 0.3) is 0 Å². The maximum Gasteiger partial charge on any atom is 0.309 e. The highest BCUT2D eigenvalue weighted by Crippen LogP contribution is 2.77. The molecular weight excluding hydrogens is 793 g/mol. The molecule has 3 aromatic rings. The molecular formula is C56H74N4O4. The minimum absolute atomic E-state index is 0.0177. The van der Waals surface area contributed by atoms with Crippen molar-refractivity contribution in [1.29, 1.82) is 0 Å². The summed E-state index contributed by atoms with van der Waals surface area (Å²) in [6.07, 6.45) is 17.4. The van der Waals surface area contributed by atoms with E-state index in [1.165, 1.54) is 11.1 Å². The van der Waals surface area contributed by atoms with E-state index in [1.807, 2.05) is 24.5 Å². The molecule has 10 rings (SSSR count). The van der Waals surface area contributed by atoms with Crippen molar-refractivity contribution in [1.82, 2.24) is 19.9 Å². The Morgan fingerprint density at radius 2 is 1.62 bits per heavy atom. The fraction of sp³-hybridized carbons (Fsp3) is 0.661. The summed E-state index contributed by atoms with van der Waals surface area (Å²) in [5, 5.41) is 0. The largest absolute Gasteiger partial charge is 0.462 e. The van der Waals surface area contributed by atoms with E-state index >= 15 is 4.79 Å². The number of Topliss-reactive ketones (excluding diaryl/α,β-unsaturated/α-hetero) is 1. The Bertz CT molecular complexity index is 2350. The fourth-order valence-corrected chi connectivity index (χ4v) is 16.7. The van der Waals surface area contributed by atoms with Gasteiger partial charge in [-0.2, -0.15) is 0 Å². The van der Waals surface area contributed by atoms with E-state index in [-0.39, 0.29) is 74.6 Å². The molecule has 2 aromatic heterocycles. The van der Waals surface area contributed by atoms with Crippen LogP contribution < -0.4 is 0 Å². The number of ketones is 1. The highest BCUT2D eigenvalue weighted by Gasteiger charge is 2.71. The molecule has 3 heterocycles. The van der Waals surface area contributed by atoms with E-state index < -0.39 is 5.41 Å². The Balaban J connectivity index is 0.892. The number of hydrogen-bond donors (Lipinski definition) is 1. The minimum Gasteiger partial charge on any atom is -0.462 e. The van der Waals surface area contributed by atoms with E-state index in [1.54, 1.807) is 6.20 Å². The normalized spacial score (nSPS) is 38.5. The Hall–Kier alpha value is -4.07. The third-order valence-electron chi connectivity index (χ3n) is 20.5. The lowest BCUT2D eigenvalue weighted by Gasteiger charge is -2.72. The summed E-state index contributed by atoms with van der Waals surface area (Å²) in [5.41, 5.74) is 4.51. The zero-order valence-electron chi connectivity index (χ0n) is 40.3. The summed E-state index contributed by atoms with van der Waals surface area (Å²) in [7, 11) is 0. The molecule has 6 fully saturated rings. The van der Waals surface area contributed by atoms with Crippen molar-refractivity contribution < 1.29 is 19.1 Å². The van der Waals surface area contributed by atoms with Crippen molar-refractivity contribution in [3.05, 3.63) is 83.6 Å². The molecule has 8 nitrogen and oxygen atoms in total. The van der Waals surface area contributed by atoms with Gasteiger partial charge < -0.3 is 14.6 Å². The maximum atomic E-state index is 15.6. The number of nitrogens with one attached hydrogen (secondary N) is 1. The van der Waals surface area contributed by atoms with E-state index in [0.717, 1.165) is 99.7 Å². The predicted molar refractivity (Wildman–Crippen MR) is 250 cm³/mol. The van der Waals surface area contributed by atoms with E-state index in [0.29, 0.717) is 30.7 Å². The zero-order valence-corrected chi connectivity index (χ0v) is 40.3. The number of esters is 1. The molecule has 0 spiro atoms. The average molecular weight is 867 g/mol. The molecule has 342 valence electrons. The molecule has 8 heteroatoms. The number of imidazole rings is 1. The van der Waals surface area contributed by atoms with Crippen molar-refractivity contribution in [3.63, 3.8) is 0 Å². The van der Waals surface area contributed by atoms with Gasteiger partial charge in [0.05, 0.1) is 29.3 Å². The lowest BCUT2D eigenvalue weighted by Crippen LogP contribution is -2.66. The number of aromatic amines is 1. The number of fused-ring (bicyclic) bond motifs is 7. The van der Waals surface area contributed by atoms with Crippen molar-refractivity contribution in [2.24, 2.45) is 68.0 Å². The summed E-state index contributed by atoms with van der Waals surface area (Å²) in [5.74, 6) is 2.84. The quantitative estimate of drug-likeness (QED) is 0.226. The van der Waals surface area contributed by atoms with Gasteiger partial charge in [-0.25, -0.2) is 4.98 Å². The van der Waals surface area contributed by atoms with Crippen LogP contribution in [0.2, 0.25) is 0 Å². The summed E-state index contributed by atoms with van der Waals surface area (Å²) in [6, 6.07) is 14.5. The van der Waals surface area contributed by atoms with Crippen LogP contribution in [0.3, 0.4) is 0 Å². The highest BCUT2D eigenvalue weighted by molar-refractivity contribution is 6.07. The number of allylic oxidation sites excluding steroid dienone is 1. The molecule has 1 aliphatic heterocycles. The number of benzene rings is 1. The summed E-state index contributed by atoms with van der Waals surface area (Å²) in [6.45, 7) is 22.2. The Morgan fingerprint density at radius 3 is 2.34 bits per heavy atom. The first-order chi connectivity index (χ1) is 30.4. The first-order valence-electron chi connectivity index (χ1n) is 25.2. The summed E-state index contributed by atoms with van der Waals surface area (Å²) in [4.78, 5) is 59.0. The van der Waals surface area contributed by atoms with Crippen LogP contribution in [0.5, 0.6) is 0 Å². The predicted octanol–water partition coefficient (Wildman–Crippen LogP) is 11.9. The van der Waals surface area contributed by atoms with Crippen LogP contribution in [0, 0.1) is 68.0 Å². The highest BCUT2D eigenvalue weighted by atomic mass is 16.5. The number of carbonyl (C=O) groups excluding carboxylic acids is 3. The van der Waals surface area contributed by atoms with Crippen LogP contribution in [0.4, 0.5) is 0 Å². The third kappa shape index (κ3) is 6.28. The average Bonchev–Trinajstić information content (AvgIpc) is 4.02. The SMILES string of the molecule is CC(C)C1=C2[C@H]3CC[C@@H]4[C@@]5(C)CC[C@H](OC(=O)[C@H]6C[C@@H](Cc7ccccc7)C6(C)C)C(C)(C)[C@@H]5CC[C@@]4(C)[C@]3(C)CC[C@@]2(C(=O)N2CCC[C@H]2c2ncc(-c3cccnc3)[nH]2)CC1=O. The molecule has 0 unspecified atom stereocenters. The second kappa shape index (κ2) is 15.2. The first kappa shape index (κ1) is 43.8. The van der Waals surface area contributed by atoms with Gasteiger partial charge in [0.15, 0.2) is 5.78 Å². The number of rotatable bonds is 8. The number of hydrogen-bond acceptors (Lipinski definition) is 6. The van der Waals surface area contributed by atoms with Gasteiger partial charge in [-0.3, -0.25) is 19.4 Å². The number of ether oxygens (including phenoxy) is 1. The maximum absolute atomic E-state index is 15.6. The Morgan fingerprint density at radius 1 is 0.844 bits per heavy atom. The molecule has 5 saturated carbocycles. The number of pyridine rings is 1. The minimum atomic E-state index is -0.785. The Kier molecular flexibility index (Phi) is 10.4. The van der Waals surface area contributed by atoms with Crippen LogP contribution in [-0.2, 0) is 25.5 Å². The molecule has 1 aromatic carbocycles. The second-order valence-electron chi connectivity index (χ2n) is 24.1. The van der Waals surface area contributed by atoms with Crippen molar-refractivity contribution in [3.8, 4) is 11.3 Å². The van der Waals surface area contributed by atoms with Crippen LogP contribution in [0.1, 0.15) is 157 Å². The molecule has 0 radical (unpaired) electrons. The molecule has 64 heavy (non-hydrogen) atoms. The monoisotopic (exact) mass is 867 g/mol. The van der Waals surface area contributed by atoms with Gasteiger partial charge in [0.2, 0.25) is 5.91 Å². The van der Waals surface area contributed by atoms with Crippen LogP contribution >= 0.6 is 0 Å². The summed E-state index contributed by atoms with van der Waals surface area (Å²) >= 11 is 0. The molecule has 7 aliphatic rings. The molecule has 6 aliphatic carbocycles. The summed E-state index contributed by atoms with van der Waals surface area (Å²) < 4.78 is 6.71. The smallest absolute Gasteiger partial charge is 0.309 e. The number of H-pyrrole nitrogens is 1. The van der Waals surface area contributed by atoms with E-state index in [2.05, 4.69) is 108 Å². The van der Waals surface area contributed by atoms with Crippen molar-refractivity contribution >= 4 is 17.7 Å². The molecule has 1 N–H and O–H groups in total. The first-order valence-corrected chi connectivity index (χ1v) is 25.2. The lowest BCUT2D eigenvalue weighted by atomic mass is 9.33. The number of carbonyl (C=O) groups is 3. The Labute approximate surface area is 382 Å². The van der Waals surface area contributed by atoms with Gasteiger partial charge in [-0.1, -0.05) is 92.6 Å².